The van der Waals surface area contributed by atoms with Gasteiger partial charge >= 0.3 is 0 Å². The summed E-state index contributed by atoms with van der Waals surface area (Å²) in [6.07, 6.45) is 4.11. The molecule has 1 aromatic rings. The monoisotopic (exact) mass is 193 g/mol. The fourth-order valence-electron chi connectivity index (χ4n) is 2.58. The second-order valence-corrected chi connectivity index (χ2v) is 4.63. The van der Waals surface area contributed by atoms with E-state index >= 15 is 0 Å². The Labute approximate surface area is 85.3 Å². The third-order valence-corrected chi connectivity index (χ3v) is 4.11. The van der Waals surface area contributed by atoms with Crippen molar-refractivity contribution in [2.24, 2.45) is 18.2 Å². The molecule has 0 saturated heterocycles. The SMILES string of the molecule is CCC1(C)C(N)CC1c1ccnn1C. The van der Waals surface area contributed by atoms with E-state index in [0.29, 0.717) is 12.0 Å². The molecule has 2 N–H and O–H groups in total. The molecule has 0 aliphatic heterocycles. The molecular formula is C11H19N3. The minimum atomic E-state index is 0.272. The van der Waals surface area contributed by atoms with Crippen molar-refractivity contribution in [3.63, 3.8) is 0 Å². The second kappa shape index (κ2) is 3.09. The van der Waals surface area contributed by atoms with Crippen LogP contribution in [0.4, 0.5) is 0 Å². The zero-order valence-electron chi connectivity index (χ0n) is 9.20. The largest absolute Gasteiger partial charge is 0.327 e. The van der Waals surface area contributed by atoms with E-state index in [2.05, 4.69) is 25.0 Å². The quantitative estimate of drug-likeness (QED) is 0.776. The summed E-state index contributed by atoms with van der Waals surface area (Å²) in [6, 6.07) is 2.47. The highest BCUT2D eigenvalue weighted by Gasteiger charge is 2.49. The smallest absolute Gasteiger partial charge is 0.0492 e. The van der Waals surface area contributed by atoms with Crippen molar-refractivity contribution in [2.75, 3.05) is 0 Å². The van der Waals surface area contributed by atoms with E-state index in [-0.39, 0.29) is 5.41 Å². The first-order valence-electron chi connectivity index (χ1n) is 5.33. The molecule has 0 aromatic carbocycles. The Bertz CT molecular complexity index is 331. The van der Waals surface area contributed by atoms with Crippen molar-refractivity contribution in [3.8, 4) is 0 Å². The Balaban J connectivity index is 2.26. The molecule has 1 heterocycles. The molecule has 14 heavy (non-hydrogen) atoms. The van der Waals surface area contributed by atoms with Gasteiger partial charge in [0.15, 0.2) is 0 Å². The van der Waals surface area contributed by atoms with Crippen molar-refractivity contribution in [1.29, 1.82) is 0 Å². The van der Waals surface area contributed by atoms with Gasteiger partial charge in [-0.3, -0.25) is 4.68 Å². The molecule has 1 aromatic heterocycles. The zero-order valence-corrected chi connectivity index (χ0v) is 9.20. The standard InChI is InChI=1S/C11H19N3/c1-4-11(2)8(7-10(11)12)9-5-6-13-14(9)3/h5-6,8,10H,4,7,12H2,1-3H3. The Morgan fingerprint density at radius 2 is 2.43 bits per heavy atom. The molecule has 1 aliphatic rings. The molecule has 3 unspecified atom stereocenters. The summed E-state index contributed by atoms with van der Waals surface area (Å²) in [5, 5.41) is 4.22. The molecule has 78 valence electrons. The maximum atomic E-state index is 6.08. The lowest BCUT2D eigenvalue weighted by Crippen LogP contribution is -2.54. The predicted octanol–water partition coefficient (Wildman–Crippen LogP) is 1.65. The highest BCUT2D eigenvalue weighted by atomic mass is 15.3. The lowest BCUT2D eigenvalue weighted by Gasteiger charge is -2.52. The number of aromatic nitrogens is 2. The van der Waals surface area contributed by atoms with Gasteiger partial charge in [-0.2, -0.15) is 5.10 Å². The van der Waals surface area contributed by atoms with Crippen LogP contribution in [0.5, 0.6) is 0 Å². The number of hydrogen-bond acceptors (Lipinski definition) is 2. The Morgan fingerprint density at radius 3 is 2.86 bits per heavy atom. The van der Waals surface area contributed by atoms with Crippen molar-refractivity contribution < 1.29 is 0 Å². The number of nitrogens with two attached hydrogens (primary N) is 1. The van der Waals surface area contributed by atoms with Crippen LogP contribution >= 0.6 is 0 Å². The van der Waals surface area contributed by atoms with Crippen LogP contribution < -0.4 is 5.73 Å². The third-order valence-electron chi connectivity index (χ3n) is 4.11. The molecule has 3 heteroatoms. The molecule has 3 nitrogen and oxygen atoms in total. The van der Waals surface area contributed by atoms with E-state index in [4.69, 9.17) is 5.73 Å². The average Bonchev–Trinajstić information content (AvgIpc) is 2.59. The molecule has 2 rings (SSSR count). The summed E-state index contributed by atoms with van der Waals surface area (Å²) < 4.78 is 1.98. The number of hydrogen-bond donors (Lipinski definition) is 1. The van der Waals surface area contributed by atoms with Crippen LogP contribution in [0.1, 0.15) is 38.3 Å². The van der Waals surface area contributed by atoms with Crippen LogP contribution in [-0.4, -0.2) is 15.8 Å². The van der Waals surface area contributed by atoms with Crippen LogP contribution in [0.25, 0.3) is 0 Å². The molecule has 1 saturated carbocycles. The first kappa shape index (κ1) is 9.71. The van der Waals surface area contributed by atoms with Crippen molar-refractivity contribution >= 4 is 0 Å². The molecule has 3 atom stereocenters. The summed E-state index contributed by atoms with van der Waals surface area (Å²) in [4.78, 5) is 0. The van der Waals surface area contributed by atoms with E-state index in [1.54, 1.807) is 0 Å². The van der Waals surface area contributed by atoms with Crippen molar-refractivity contribution in [1.82, 2.24) is 9.78 Å². The Hall–Kier alpha value is -0.830. The highest BCUT2D eigenvalue weighted by Crippen LogP contribution is 2.53. The van der Waals surface area contributed by atoms with Gasteiger partial charge < -0.3 is 5.73 Å². The predicted molar refractivity (Wildman–Crippen MR) is 56.9 cm³/mol. The summed E-state index contributed by atoms with van der Waals surface area (Å²) in [5.74, 6) is 0.593. The molecule has 1 fully saturated rings. The summed E-state index contributed by atoms with van der Waals surface area (Å²) in [5.41, 5.74) is 7.69. The van der Waals surface area contributed by atoms with Gasteiger partial charge in [0.2, 0.25) is 0 Å². The van der Waals surface area contributed by atoms with Gasteiger partial charge in [0.25, 0.3) is 0 Å². The first-order valence-corrected chi connectivity index (χ1v) is 5.33. The van der Waals surface area contributed by atoms with Gasteiger partial charge in [-0.05, 0) is 24.3 Å². The van der Waals surface area contributed by atoms with Gasteiger partial charge in [-0.25, -0.2) is 0 Å². The molecule has 1 aliphatic carbocycles. The van der Waals surface area contributed by atoms with E-state index in [1.165, 1.54) is 5.69 Å². The average molecular weight is 193 g/mol. The maximum absolute atomic E-state index is 6.08. The van der Waals surface area contributed by atoms with Crippen LogP contribution in [0.2, 0.25) is 0 Å². The molecule has 0 amide bonds. The van der Waals surface area contributed by atoms with Crippen LogP contribution in [0, 0.1) is 5.41 Å². The maximum Gasteiger partial charge on any atom is 0.0492 e. The van der Waals surface area contributed by atoms with Crippen LogP contribution in [0.15, 0.2) is 12.3 Å². The van der Waals surface area contributed by atoms with Crippen LogP contribution in [-0.2, 0) is 7.05 Å². The van der Waals surface area contributed by atoms with Gasteiger partial charge in [0.05, 0.1) is 0 Å². The fraction of sp³-hybridized carbons (Fsp3) is 0.727. The Kier molecular flexibility index (Phi) is 2.14. The van der Waals surface area contributed by atoms with E-state index < -0.39 is 0 Å². The van der Waals surface area contributed by atoms with Crippen LogP contribution in [0.3, 0.4) is 0 Å². The van der Waals surface area contributed by atoms with Crippen molar-refractivity contribution in [3.05, 3.63) is 18.0 Å². The lowest BCUT2D eigenvalue weighted by atomic mass is 9.55. The number of rotatable bonds is 2. The summed E-state index contributed by atoms with van der Waals surface area (Å²) in [6.45, 7) is 4.52. The lowest BCUT2D eigenvalue weighted by molar-refractivity contribution is 0.0654. The van der Waals surface area contributed by atoms with E-state index in [1.807, 2.05) is 17.9 Å². The Morgan fingerprint density at radius 1 is 1.71 bits per heavy atom. The van der Waals surface area contributed by atoms with Gasteiger partial charge in [0, 0.05) is 30.9 Å². The minimum Gasteiger partial charge on any atom is -0.327 e. The molecule has 0 radical (unpaired) electrons. The zero-order chi connectivity index (χ0) is 10.3. The van der Waals surface area contributed by atoms with Gasteiger partial charge in [-0.1, -0.05) is 13.8 Å². The number of nitrogens with zero attached hydrogens (tertiary/aromatic N) is 2. The highest BCUT2D eigenvalue weighted by molar-refractivity contribution is 5.20. The van der Waals surface area contributed by atoms with E-state index in [0.717, 1.165) is 12.8 Å². The topological polar surface area (TPSA) is 43.8 Å². The molecule has 0 spiro atoms. The fourth-order valence-corrected chi connectivity index (χ4v) is 2.58. The second-order valence-electron chi connectivity index (χ2n) is 4.63. The summed E-state index contributed by atoms with van der Waals surface area (Å²) >= 11 is 0. The van der Waals surface area contributed by atoms with Gasteiger partial charge in [0.1, 0.15) is 0 Å². The normalized spacial score (nSPS) is 36.9. The summed E-state index contributed by atoms with van der Waals surface area (Å²) in [7, 11) is 2.01. The minimum absolute atomic E-state index is 0.272. The third kappa shape index (κ3) is 1.12. The molecule has 0 bridgehead atoms. The number of aryl methyl sites for hydroxylation is 1. The first-order chi connectivity index (χ1) is 6.59. The van der Waals surface area contributed by atoms with Gasteiger partial charge in [-0.15, -0.1) is 0 Å². The van der Waals surface area contributed by atoms with E-state index in [9.17, 15) is 0 Å². The molecular weight excluding hydrogens is 174 g/mol. The van der Waals surface area contributed by atoms with Crippen molar-refractivity contribution in [2.45, 2.75) is 38.6 Å².